The molecule has 0 saturated heterocycles. The van der Waals surface area contributed by atoms with Crippen LogP contribution in [0.5, 0.6) is 0 Å². The first-order chi connectivity index (χ1) is 7.99. The summed E-state index contributed by atoms with van der Waals surface area (Å²) >= 11 is 7.55. The van der Waals surface area contributed by atoms with Crippen LogP contribution < -0.4 is 4.72 Å². The number of halogens is 1. The van der Waals surface area contributed by atoms with Crippen molar-refractivity contribution < 1.29 is 8.42 Å². The van der Waals surface area contributed by atoms with Crippen molar-refractivity contribution in [3.05, 3.63) is 23.5 Å². The smallest absolute Gasteiger partial charge is 0.243 e. The monoisotopic (exact) mass is 292 g/mol. The average molecular weight is 293 g/mol. The summed E-state index contributed by atoms with van der Waals surface area (Å²) in [5.74, 6) is 0. The number of thioether (sulfide) groups is 1. The normalized spacial score (nSPS) is 18.0. The molecular weight excluding hydrogens is 280 g/mol. The lowest BCUT2D eigenvalue weighted by atomic mass is 10.4. The van der Waals surface area contributed by atoms with Crippen LogP contribution in [0, 0.1) is 0 Å². The van der Waals surface area contributed by atoms with Gasteiger partial charge >= 0.3 is 0 Å². The lowest BCUT2D eigenvalue weighted by Crippen LogP contribution is -2.32. The molecule has 1 aliphatic carbocycles. The standard InChI is InChI=1S/C10H13ClN2O2S2/c1-16-10(3-4-10)7-13-17(14,15)9-6-12-5-2-8(9)11/h2,5-6,13H,3-4,7H2,1H3. The quantitative estimate of drug-likeness (QED) is 0.901. The first-order valence-electron chi connectivity index (χ1n) is 5.13. The number of nitrogens with zero attached hydrogens (tertiary/aromatic N) is 1. The third-order valence-corrected chi connectivity index (χ3v) is 6.14. The van der Waals surface area contributed by atoms with Crippen LogP contribution in [0.25, 0.3) is 0 Å². The van der Waals surface area contributed by atoms with E-state index < -0.39 is 10.0 Å². The third-order valence-electron chi connectivity index (χ3n) is 2.85. The van der Waals surface area contributed by atoms with Gasteiger partial charge in [-0.3, -0.25) is 4.98 Å². The van der Waals surface area contributed by atoms with Gasteiger partial charge < -0.3 is 0 Å². The van der Waals surface area contributed by atoms with Gasteiger partial charge in [0.15, 0.2) is 0 Å². The van der Waals surface area contributed by atoms with Crippen molar-refractivity contribution in [2.24, 2.45) is 0 Å². The van der Waals surface area contributed by atoms with Gasteiger partial charge in [0, 0.05) is 23.7 Å². The highest BCUT2D eigenvalue weighted by Crippen LogP contribution is 2.46. The zero-order chi connectivity index (χ0) is 12.5. The van der Waals surface area contributed by atoms with Crippen LogP contribution >= 0.6 is 23.4 Å². The number of nitrogens with one attached hydrogen (secondary N) is 1. The molecule has 94 valence electrons. The summed E-state index contributed by atoms with van der Waals surface area (Å²) in [5.41, 5.74) is 0. The summed E-state index contributed by atoms with van der Waals surface area (Å²) in [6, 6.07) is 1.47. The second-order valence-electron chi connectivity index (χ2n) is 4.02. The van der Waals surface area contributed by atoms with Crippen LogP contribution in [0.3, 0.4) is 0 Å². The molecule has 0 amide bonds. The van der Waals surface area contributed by atoms with Gasteiger partial charge in [-0.05, 0) is 25.2 Å². The van der Waals surface area contributed by atoms with Crippen LogP contribution in [0.4, 0.5) is 0 Å². The minimum Gasteiger partial charge on any atom is -0.263 e. The number of aromatic nitrogens is 1. The van der Waals surface area contributed by atoms with E-state index in [9.17, 15) is 8.42 Å². The van der Waals surface area contributed by atoms with Crippen molar-refractivity contribution in [2.45, 2.75) is 22.5 Å². The molecule has 7 heteroatoms. The lowest BCUT2D eigenvalue weighted by molar-refractivity contribution is 0.579. The SMILES string of the molecule is CSC1(CNS(=O)(=O)c2cnccc2Cl)CC1. The highest BCUT2D eigenvalue weighted by atomic mass is 35.5. The van der Waals surface area contributed by atoms with E-state index in [1.807, 2.05) is 6.26 Å². The predicted molar refractivity (Wildman–Crippen MR) is 69.9 cm³/mol. The molecule has 1 aromatic rings. The molecule has 0 aliphatic heterocycles. The number of hydrogen-bond acceptors (Lipinski definition) is 4. The summed E-state index contributed by atoms with van der Waals surface area (Å²) < 4.78 is 26.7. The molecule has 1 saturated carbocycles. The third kappa shape index (κ3) is 2.93. The van der Waals surface area contributed by atoms with Crippen molar-refractivity contribution in [2.75, 3.05) is 12.8 Å². The fourth-order valence-electron chi connectivity index (χ4n) is 1.46. The average Bonchev–Trinajstić information content (AvgIpc) is 3.08. The maximum Gasteiger partial charge on any atom is 0.243 e. The van der Waals surface area contributed by atoms with Gasteiger partial charge in [-0.15, -0.1) is 0 Å². The Morgan fingerprint density at radius 3 is 2.82 bits per heavy atom. The van der Waals surface area contributed by atoms with E-state index >= 15 is 0 Å². The van der Waals surface area contributed by atoms with E-state index in [4.69, 9.17) is 11.6 Å². The minimum absolute atomic E-state index is 0.0403. The van der Waals surface area contributed by atoms with E-state index in [0.717, 1.165) is 12.8 Å². The molecule has 1 N–H and O–H groups in total. The maximum atomic E-state index is 12.0. The molecule has 1 fully saturated rings. The number of pyridine rings is 1. The second-order valence-corrected chi connectivity index (χ2v) is 7.43. The zero-order valence-electron chi connectivity index (χ0n) is 9.31. The largest absolute Gasteiger partial charge is 0.263 e. The number of hydrogen-bond donors (Lipinski definition) is 1. The van der Waals surface area contributed by atoms with Crippen LogP contribution in [0.2, 0.25) is 5.02 Å². The molecule has 1 heterocycles. The topological polar surface area (TPSA) is 59.1 Å². The Hall–Kier alpha value is -0.300. The summed E-state index contributed by atoms with van der Waals surface area (Å²) in [4.78, 5) is 3.82. The van der Waals surface area contributed by atoms with E-state index in [-0.39, 0.29) is 14.7 Å². The fraction of sp³-hybridized carbons (Fsp3) is 0.500. The molecular formula is C10H13ClN2O2S2. The molecule has 0 unspecified atom stereocenters. The lowest BCUT2D eigenvalue weighted by Gasteiger charge is -2.13. The summed E-state index contributed by atoms with van der Waals surface area (Å²) in [5, 5.41) is 0.196. The van der Waals surface area contributed by atoms with Crippen LogP contribution in [0.1, 0.15) is 12.8 Å². The van der Waals surface area contributed by atoms with Gasteiger partial charge in [-0.2, -0.15) is 11.8 Å². The Morgan fingerprint density at radius 2 is 2.29 bits per heavy atom. The van der Waals surface area contributed by atoms with Gasteiger partial charge in [0.25, 0.3) is 0 Å². The molecule has 1 aromatic heterocycles. The second kappa shape index (κ2) is 4.76. The van der Waals surface area contributed by atoms with Crippen molar-refractivity contribution in [1.29, 1.82) is 0 Å². The zero-order valence-corrected chi connectivity index (χ0v) is 11.7. The molecule has 4 nitrogen and oxygen atoms in total. The Balaban J connectivity index is 2.12. The minimum atomic E-state index is -3.55. The van der Waals surface area contributed by atoms with E-state index in [1.54, 1.807) is 11.8 Å². The van der Waals surface area contributed by atoms with Crippen LogP contribution in [-0.4, -0.2) is 30.9 Å². The fourth-order valence-corrected chi connectivity index (χ4v) is 3.83. The van der Waals surface area contributed by atoms with Crippen molar-refractivity contribution >= 4 is 33.4 Å². The summed E-state index contributed by atoms with van der Waals surface area (Å²) in [6.07, 6.45) is 6.84. The predicted octanol–water partition coefficient (Wildman–Crippen LogP) is 1.91. The molecule has 0 bridgehead atoms. The maximum absolute atomic E-state index is 12.0. The highest BCUT2D eigenvalue weighted by molar-refractivity contribution is 8.00. The van der Waals surface area contributed by atoms with Gasteiger partial charge in [0.2, 0.25) is 10.0 Å². The molecule has 2 rings (SSSR count). The van der Waals surface area contributed by atoms with Crippen molar-refractivity contribution in [1.82, 2.24) is 9.71 Å². The van der Waals surface area contributed by atoms with Gasteiger partial charge in [-0.25, -0.2) is 13.1 Å². The van der Waals surface area contributed by atoms with Crippen molar-refractivity contribution in [3.8, 4) is 0 Å². The van der Waals surface area contributed by atoms with Crippen molar-refractivity contribution in [3.63, 3.8) is 0 Å². The Labute approximate surface area is 110 Å². The number of rotatable bonds is 5. The van der Waals surface area contributed by atoms with E-state index in [2.05, 4.69) is 9.71 Å². The first-order valence-corrected chi connectivity index (χ1v) is 8.22. The Kier molecular flexibility index (Phi) is 3.68. The van der Waals surface area contributed by atoms with Crippen LogP contribution in [-0.2, 0) is 10.0 Å². The molecule has 0 spiro atoms. The molecule has 0 radical (unpaired) electrons. The van der Waals surface area contributed by atoms with E-state index in [0.29, 0.717) is 6.54 Å². The molecule has 1 aliphatic rings. The summed E-state index contributed by atoms with van der Waals surface area (Å²) in [6.45, 7) is 0.446. The molecule has 17 heavy (non-hydrogen) atoms. The number of sulfonamides is 1. The molecule has 0 aromatic carbocycles. The molecule has 0 atom stereocenters. The first kappa shape index (κ1) is 13.1. The van der Waals surface area contributed by atoms with Gasteiger partial charge in [-0.1, -0.05) is 11.6 Å². The van der Waals surface area contributed by atoms with Gasteiger partial charge in [0.05, 0.1) is 5.02 Å². The van der Waals surface area contributed by atoms with E-state index in [1.165, 1.54) is 18.5 Å². The summed E-state index contributed by atoms with van der Waals surface area (Å²) in [7, 11) is -3.55. The Morgan fingerprint density at radius 1 is 1.59 bits per heavy atom. The highest BCUT2D eigenvalue weighted by Gasteiger charge is 2.42. The van der Waals surface area contributed by atoms with Gasteiger partial charge in [0.1, 0.15) is 4.90 Å². The Bertz CT molecular complexity index is 515. The van der Waals surface area contributed by atoms with Crippen LogP contribution in [0.15, 0.2) is 23.4 Å².